The van der Waals surface area contributed by atoms with Crippen LogP contribution in [0.25, 0.3) is 21.8 Å². The van der Waals surface area contributed by atoms with E-state index in [-0.39, 0.29) is 12.5 Å². The first kappa shape index (κ1) is 21.7. The number of aromatic nitrogens is 1. The molecular formula is C23H15Cl3N2O2S. The highest BCUT2D eigenvalue weighted by atomic mass is 35.5. The van der Waals surface area contributed by atoms with E-state index in [0.29, 0.717) is 26.5 Å². The summed E-state index contributed by atoms with van der Waals surface area (Å²) in [4.78, 5) is 16.9. The van der Waals surface area contributed by atoms with Crippen LogP contribution in [-0.2, 0) is 4.79 Å². The molecule has 0 fully saturated rings. The minimum absolute atomic E-state index is 0.167. The fraction of sp³-hybridized carbons (Fsp3) is 0.0435. The highest BCUT2D eigenvalue weighted by Gasteiger charge is 2.09. The molecule has 0 atom stereocenters. The fourth-order valence-corrected chi connectivity index (χ4v) is 4.21. The summed E-state index contributed by atoms with van der Waals surface area (Å²) in [6, 6.07) is 19.9. The SMILES string of the molecule is O=C(COc1ccc(Cl)cc1Cl)Nc1ccc(-c2csc(-c3ccc(Cl)cc3)n2)cc1. The number of ether oxygens (including phenoxy) is 1. The van der Waals surface area contributed by atoms with Crippen LogP contribution in [0.2, 0.25) is 15.1 Å². The third-order valence-electron chi connectivity index (χ3n) is 4.31. The van der Waals surface area contributed by atoms with Crippen molar-refractivity contribution < 1.29 is 9.53 Å². The summed E-state index contributed by atoms with van der Waals surface area (Å²) in [6.07, 6.45) is 0. The molecular weight excluding hydrogens is 475 g/mol. The third kappa shape index (κ3) is 5.57. The minimum Gasteiger partial charge on any atom is -0.482 e. The number of carbonyl (C=O) groups excluding carboxylic acids is 1. The standard InChI is InChI=1S/C23H15Cl3N2O2S/c24-16-5-1-15(2-6-16)23-28-20(13-31-23)14-3-8-18(9-4-14)27-22(29)12-30-21-10-7-17(25)11-19(21)26/h1-11,13H,12H2,(H,27,29). The van der Waals surface area contributed by atoms with Crippen molar-refractivity contribution in [2.75, 3.05) is 11.9 Å². The second-order valence-corrected chi connectivity index (χ2v) is 8.67. The molecule has 4 aromatic rings. The van der Waals surface area contributed by atoms with Gasteiger partial charge >= 0.3 is 0 Å². The molecule has 1 amide bonds. The Hall–Kier alpha value is -2.57. The fourth-order valence-electron chi connectivity index (χ4n) is 2.79. The number of hydrogen-bond acceptors (Lipinski definition) is 4. The molecule has 0 bridgehead atoms. The van der Waals surface area contributed by atoms with Crippen LogP contribution in [0.4, 0.5) is 5.69 Å². The molecule has 1 N–H and O–H groups in total. The van der Waals surface area contributed by atoms with Crippen LogP contribution >= 0.6 is 46.1 Å². The normalized spacial score (nSPS) is 10.7. The van der Waals surface area contributed by atoms with Crippen molar-refractivity contribution in [1.82, 2.24) is 4.98 Å². The summed E-state index contributed by atoms with van der Waals surface area (Å²) >= 11 is 19.4. The summed E-state index contributed by atoms with van der Waals surface area (Å²) in [7, 11) is 0. The maximum absolute atomic E-state index is 12.2. The van der Waals surface area contributed by atoms with Gasteiger partial charge in [-0.25, -0.2) is 4.98 Å². The number of amides is 1. The molecule has 0 spiro atoms. The Morgan fingerprint density at radius 2 is 1.58 bits per heavy atom. The molecule has 0 aliphatic rings. The minimum atomic E-state index is -0.294. The summed E-state index contributed by atoms with van der Waals surface area (Å²) in [5.41, 5.74) is 3.50. The van der Waals surface area contributed by atoms with Gasteiger partial charge < -0.3 is 10.1 Å². The molecule has 0 unspecified atom stereocenters. The summed E-state index contributed by atoms with van der Waals surface area (Å²) in [6.45, 7) is -0.167. The lowest BCUT2D eigenvalue weighted by Crippen LogP contribution is -2.20. The zero-order chi connectivity index (χ0) is 21.8. The molecule has 4 rings (SSSR count). The van der Waals surface area contributed by atoms with Crippen molar-refractivity contribution in [3.05, 3.63) is 87.2 Å². The third-order valence-corrected chi connectivity index (χ3v) is 5.99. The Kier molecular flexibility index (Phi) is 6.78. The monoisotopic (exact) mass is 488 g/mol. The van der Waals surface area contributed by atoms with E-state index < -0.39 is 0 Å². The van der Waals surface area contributed by atoms with Gasteiger partial charge in [0, 0.05) is 32.2 Å². The maximum atomic E-state index is 12.2. The van der Waals surface area contributed by atoms with Crippen LogP contribution in [0.15, 0.2) is 72.1 Å². The van der Waals surface area contributed by atoms with E-state index in [0.717, 1.165) is 21.8 Å². The Balaban J connectivity index is 1.37. The van der Waals surface area contributed by atoms with Crippen LogP contribution in [0.5, 0.6) is 5.75 Å². The van der Waals surface area contributed by atoms with Gasteiger partial charge in [0.2, 0.25) is 0 Å². The number of halogens is 3. The van der Waals surface area contributed by atoms with Crippen molar-refractivity contribution in [1.29, 1.82) is 0 Å². The number of carbonyl (C=O) groups is 1. The number of nitrogens with zero attached hydrogens (tertiary/aromatic N) is 1. The van der Waals surface area contributed by atoms with Crippen LogP contribution in [0, 0.1) is 0 Å². The number of nitrogens with one attached hydrogen (secondary N) is 1. The van der Waals surface area contributed by atoms with E-state index >= 15 is 0 Å². The number of hydrogen-bond donors (Lipinski definition) is 1. The lowest BCUT2D eigenvalue weighted by Gasteiger charge is -2.09. The van der Waals surface area contributed by atoms with E-state index in [1.54, 1.807) is 29.5 Å². The quantitative estimate of drug-likeness (QED) is 0.306. The van der Waals surface area contributed by atoms with E-state index in [4.69, 9.17) is 44.5 Å². The van der Waals surface area contributed by atoms with E-state index in [9.17, 15) is 4.79 Å². The lowest BCUT2D eigenvalue weighted by molar-refractivity contribution is -0.118. The van der Waals surface area contributed by atoms with Gasteiger partial charge in [-0.15, -0.1) is 11.3 Å². The topological polar surface area (TPSA) is 51.2 Å². The van der Waals surface area contributed by atoms with Crippen molar-refractivity contribution in [3.8, 4) is 27.6 Å². The molecule has 0 aliphatic heterocycles. The van der Waals surface area contributed by atoms with Crippen molar-refractivity contribution in [3.63, 3.8) is 0 Å². The van der Waals surface area contributed by atoms with Crippen molar-refractivity contribution in [2.45, 2.75) is 0 Å². The van der Waals surface area contributed by atoms with Crippen LogP contribution < -0.4 is 10.1 Å². The largest absolute Gasteiger partial charge is 0.482 e. The first-order chi connectivity index (χ1) is 15.0. The number of rotatable bonds is 6. The summed E-state index contributed by atoms with van der Waals surface area (Å²) < 4.78 is 5.45. The van der Waals surface area contributed by atoms with Gasteiger partial charge in [-0.2, -0.15) is 0 Å². The van der Waals surface area contributed by atoms with Gasteiger partial charge in [-0.1, -0.05) is 59.1 Å². The zero-order valence-electron chi connectivity index (χ0n) is 15.9. The zero-order valence-corrected chi connectivity index (χ0v) is 19.0. The number of anilines is 1. The van der Waals surface area contributed by atoms with Gasteiger partial charge in [0.15, 0.2) is 6.61 Å². The molecule has 156 valence electrons. The predicted octanol–water partition coefficient (Wildman–Crippen LogP) is 7.45. The van der Waals surface area contributed by atoms with E-state index in [1.807, 2.05) is 53.9 Å². The molecule has 8 heteroatoms. The van der Waals surface area contributed by atoms with Gasteiger partial charge in [-0.05, 0) is 42.5 Å². The summed E-state index contributed by atoms with van der Waals surface area (Å²) in [5.74, 6) is 0.106. The first-order valence-electron chi connectivity index (χ1n) is 9.17. The van der Waals surface area contributed by atoms with E-state index in [1.165, 1.54) is 0 Å². The average Bonchev–Trinajstić information content (AvgIpc) is 3.24. The van der Waals surface area contributed by atoms with Gasteiger partial charge in [-0.3, -0.25) is 4.79 Å². The highest BCUT2D eigenvalue weighted by Crippen LogP contribution is 2.30. The molecule has 0 radical (unpaired) electrons. The van der Waals surface area contributed by atoms with Crippen LogP contribution in [0.3, 0.4) is 0 Å². The second-order valence-electron chi connectivity index (χ2n) is 6.53. The Morgan fingerprint density at radius 3 is 2.29 bits per heavy atom. The van der Waals surface area contributed by atoms with Crippen molar-refractivity contribution >= 4 is 57.7 Å². The molecule has 0 saturated carbocycles. The molecule has 31 heavy (non-hydrogen) atoms. The predicted molar refractivity (Wildman–Crippen MR) is 129 cm³/mol. The summed E-state index contributed by atoms with van der Waals surface area (Å²) in [5, 5.41) is 7.26. The number of thiazole rings is 1. The maximum Gasteiger partial charge on any atom is 0.262 e. The second kappa shape index (κ2) is 9.71. The van der Waals surface area contributed by atoms with Gasteiger partial charge in [0.1, 0.15) is 10.8 Å². The van der Waals surface area contributed by atoms with Crippen LogP contribution in [0.1, 0.15) is 0 Å². The Labute approximate surface area is 198 Å². The van der Waals surface area contributed by atoms with Crippen molar-refractivity contribution in [2.24, 2.45) is 0 Å². The van der Waals surface area contributed by atoms with Crippen LogP contribution in [-0.4, -0.2) is 17.5 Å². The molecule has 3 aromatic carbocycles. The first-order valence-corrected chi connectivity index (χ1v) is 11.2. The van der Waals surface area contributed by atoms with Gasteiger partial charge in [0.25, 0.3) is 5.91 Å². The molecule has 0 aliphatic carbocycles. The highest BCUT2D eigenvalue weighted by molar-refractivity contribution is 7.13. The number of benzene rings is 3. The van der Waals surface area contributed by atoms with Gasteiger partial charge in [0.05, 0.1) is 10.7 Å². The average molecular weight is 490 g/mol. The lowest BCUT2D eigenvalue weighted by atomic mass is 10.1. The smallest absolute Gasteiger partial charge is 0.262 e. The molecule has 1 aromatic heterocycles. The molecule has 4 nitrogen and oxygen atoms in total. The molecule has 0 saturated heterocycles. The Bertz CT molecular complexity index is 1210. The molecule has 1 heterocycles. The van der Waals surface area contributed by atoms with E-state index in [2.05, 4.69) is 5.32 Å². The Morgan fingerprint density at radius 1 is 0.903 bits per heavy atom.